The number of methoxy groups -OCH3 is 2. The molecular weight excluding hydrogens is 420 g/mol. The molecule has 2 aromatic rings. The highest BCUT2D eigenvalue weighted by Crippen LogP contribution is 2.31. The number of hydrogen-bond acceptors (Lipinski definition) is 5. The van der Waals surface area contributed by atoms with Gasteiger partial charge in [0.25, 0.3) is 5.91 Å². The predicted octanol–water partition coefficient (Wildman–Crippen LogP) is 3.26. The van der Waals surface area contributed by atoms with Crippen molar-refractivity contribution in [3.63, 3.8) is 0 Å². The molecule has 2 amide bonds. The SMILES string of the molecule is COCCCN1C(=O)c2cc(-c3ccc(OC)cc3)nn2CC1(C)C(=O)NC1CCCCC1. The summed E-state index contributed by atoms with van der Waals surface area (Å²) in [6, 6.07) is 9.56. The lowest BCUT2D eigenvalue weighted by Gasteiger charge is -2.44. The van der Waals surface area contributed by atoms with Gasteiger partial charge in [-0.2, -0.15) is 5.10 Å². The predicted molar refractivity (Wildman–Crippen MR) is 125 cm³/mol. The van der Waals surface area contributed by atoms with Gasteiger partial charge in [0, 0.05) is 31.9 Å². The molecule has 1 saturated carbocycles. The number of nitrogens with zero attached hydrogens (tertiary/aromatic N) is 3. The smallest absolute Gasteiger partial charge is 0.273 e. The van der Waals surface area contributed by atoms with E-state index in [4.69, 9.17) is 14.6 Å². The molecule has 8 heteroatoms. The molecule has 0 bridgehead atoms. The third kappa shape index (κ3) is 4.76. The molecule has 2 aliphatic rings. The number of fused-ring (bicyclic) bond motifs is 1. The fraction of sp³-hybridized carbons (Fsp3) is 0.560. The lowest BCUT2D eigenvalue weighted by Crippen LogP contribution is -2.65. The van der Waals surface area contributed by atoms with Crippen molar-refractivity contribution in [2.24, 2.45) is 0 Å². The van der Waals surface area contributed by atoms with Crippen molar-refractivity contribution in [2.75, 3.05) is 27.4 Å². The van der Waals surface area contributed by atoms with Crippen LogP contribution in [-0.2, 0) is 16.1 Å². The maximum Gasteiger partial charge on any atom is 0.273 e. The maximum atomic E-state index is 13.6. The lowest BCUT2D eigenvalue weighted by molar-refractivity contribution is -0.134. The summed E-state index contributed by atoms with van der Waals surface area (Å²) in [5, 5.41) is 7.94. The summed E-state index contributed by atoms with van der Waals surface area (Å²) in [5.74, 6) is 0.480. The van der Waals surface area contributed by atoms with Crippen LogP contribution >= 0.6 is 0 Å². The number of rotatable bonds is 8. The van der Waals surface area contributed by atoms with Gasteiger partial charge in [0.05, 0.1) is 19.3 Å². The first kappa shape index (κ1) is 23.3. The number of ether oxygens (including phenoxy) is 2. The third-order valence-electron chi connectivity index (χ3n) is 6.84. The zero-order valence-electron chi connectivity index (χ0n) is 19.8. The number of carbonyl (C=O) groups excluding carboxylic acids is 2. The molecule has 1 aromatic carbocycles. The molecule has 1 atom stereocenters. The summed E-state index contributed by atoms with van der Waals surface area (Å²) in [5.41, 5.74) is 1.08. The average molecular weight is 455 g/mol. The molecule has 0 spiro atoms. The summed E-state index contributed by atoms with van der Waals surface area (Å²) in [4.78, 5) is 28.8. The summed E-state index contributed by atoms with van der Waals surface area (Å²) >= 11 is 0. The van der Waals surface area contributed by atoms with Crippen LogP contribution in [0.4, 0.5) is 0 Å². The largest absolute Gasteiger partial charge is 0.497 e. The molecule has 2 heterocycles. The molecule has 1 aliphatic carbocycles. The Morgan fingerprint density at radius 3 is 2.58 bits per heavy atom. The highest BCUT2D eigenvalue weighted by Gasteiger charge is 2.48. The highest BCUT2D eigenvalue weighted by atomic mass is 16.5. The van der Waals surface area contributed by atoms with E-state index in [1.807, 2.05) is 37.3 Å². The van der Waals surface area contributed by atoms with E-state index in [-0.39, 0.29) is 17.9 Å². The van der Waals surface area contributed by atoms with E-state index in [0.717, 1.165) is 37.0 Å². The molecule has 1 unspecified atom stereocenters. The summed E-state index contributed by atoms with van der Waals surface area (Å²) in [6.45, 7) is 3.15. The van der Waals surface area contributed by atoms with E-state index in [2.05, 4.69) is 5.32 Å². The quantitative estimate of drug-likeness (QED) is 0.619. The van der Waals surface area contributed by atoms with Gasteiger partial charge in [-0.05, 0) is 56.5 Å². The average Bonchev–Trinajstić information content (AvgIpc) is 3.26. The van der Waals surface area contributed by atoms with Gasteiger partial charge in [0.1, 0.15) is 17.0 Å². The van der Waals surface area contributed by atoms with Gasteiger partial charge in [0.15, 0.2) is 0 Å². The minimum absolute atomic E-state index is 0.104. The Bertz CT molecular complexity index is 981. The number of benzene rings is 1. The summed E-state index contributed by atoms with van der Waals surface area (Å²) < 4.78 is 12.1. The highest BCUT2D eigenvalue weighted by molar-refractivity contribution is 6.00. The monoisotopic (exact) mass is 454 g/mol. The topological polar surface area (TPSA) is 85.7 Å². The van der Waals surface area contributed by atoms with Crippen molar-refractivity contribution in [3.05, 3.63) is 36.0 Å². The Balaban J connectivity index is 1.63. The van der Waals surface area contributed by atoms with Gasteiger partial charge in [0.2, 0.25) is 5.91 Å². The Hall–Kier alpha value is -2.87. The van der Waals surface area contributed by atoms with Gasteiger partial charge in [-0.3, -0.25) is 14.3 Å². The molecule has 178 valence electrons. The molecule has 4 rings (SSSR count). The fourth-order valence-corrected chi connectivity index (χ4v) is 4.85. The molecule has 1 aliphatic heterocycles. The Labute approximate surface area is 195 Å². The van der Waals surface area contributed by atoms with E-state index in [1.54, 1.807) is 23.8 Å². The molecule has 0 radical (unpaired) electrons. The van der Waals surface area contributed by atoms with Crippen molar-refractivity contribution < 1.29 is 19.1 Å². The second-order valence-electron chi connectivity index (χ2n) is 9.19. The molecule has 1 N–H and O–H groups in total. The lowest BCUT2D eigenvalue weighted by atomic mass is 9.91. The van der Waals surface area contributed by atoms with Crippen molar-refractivity contribution in [1.29, 1.82) is 0 Å². The van der Waals surface area contributed by atoms with Crippen LogP contribution in [0.1, 0.15) is 55.9 Å². The van der Waals surface area contributed by atoms with E-state index in [1.165, 1.54) is 6.42 Å². The van der Waals surface area contributed by atoms with Crippen LogP contribution in [0.25, 0.3) is 11.3 Å². The second kappa shape index (κ2) is 9.95. The molecule has 33 heavy (non-hydrogen) atoms. The summed E-state index contributed by atoms with van der Waals surface area (Å²) in [7, 11) is 3.27. The zero-order chi connectivity index (χ0) is 23.4. The van der Waals surface area contributed by atoms with Crippen molar-refractivity contribution in [2.45, 2.75) is 63.6 Å². The van der Waals surface area contributed by atoms with Crippen LogP contribution in [0.5, 0.6) is 5.75 Å². The summed E-state index contributed by atoms with van der Waals surface area (Å²) in [6.07, 6.45) is 6.13. The normalized spacial score (nSPS) is 21.1. The van der Waals surface area contributed by atoms with Gasteiger partial charge in [-0.1, -0.05) is 19.3 Å². The van der Waals surface area contributed by atoms with E-state index in [0.29, 0.717) is 37.5 Å². The number of carbonyl (C=O) groups is 2. The van der Waals surface area contributed by atoms with E-state index in [9.17, 15) is 9.59 Å². The zero-order valence-corrected chi connectivity index (χ0v) is 19.8. The third-order valence-corrected chi connectivity index (χ3v) is 6.84. The van der Waals surface area contributed by atoms with Crippen LogP contribution in [-0.4, -0.2) is 65.4 Å². The van der Waals surface area contributed by atoms with Crippen LogP contribution in [0.2, 0.25) is 0 Å². The number of amides is 2. The van der Waals surface area contributed by atoms with Crippen LogP contribution in [0, 0.1) is 0 Å². The molecule has 1 aromatic heterocycles. The van der Waals surface area contributed by atoms with Crippen LogP contribution < -0.4 is 10.1 Å². The molecule has 1 fully saturated rings. The van der Waals surface area contributed by atoms with Crippen molar-refractivity contribution in [3.8, 4) is 17.0 Å². The number of aromatic nitrogens is 2. The Morgan fingerprint density at radius 2 is 1.91 bits per heavy atom. The van der Waals surface area contributed by atoms with E-state index < -0.39 is 5.54 Å². The second-order valence-corrected chi connectivity index (χ2v) is 9.19. The maximum absolute atomic E-state index is 13.6. The first-order valence-electron chi connectivity index (χ1n) is 11.8. The molecule has 0 saturated heterocycles. The van der Waals surface area contributed by atoms with Crippen molar-refractivity contribution in [1.82, 2.24) is 20.0 Å². The van der Waals surface area contributed by atoms with Gasteiger partial charge >= 0.3 is 0 Å². The standard InChI is InChI=1S/C25H34N4O4/c1-25(24(31)26-19-8-5-4-6-9-19)17-29-22(23(30)28(25)14-7-15-32-2)16-21(27-29)18-10-12-20(33-3)13-11-18/h10-13,16,19H,4-9,14-15,17H2,1-3H3,(H,26,31). The first-order chi connectivity index (χ1) is 16.0. The number of nitrogens with one attached hydrogen (secondary N) is 1. The van der Waals surface area contributed by atoms with Crippen LogP contribution in [0.15, 0.2) is 30.3 Å². The Kier molecular flexibility index (Phi) is 7.02. The fourth-order valence-electron chi connectivity index (χ4n) is 4.85. The Morgan fingerprint density at radius 1 is 1.18 bits per heavy atom. The molecule has 8 nitrogen and oxygen atoms in total. The van der Waals surface area contributed by atoms with Crippen LogP contribution in [0.3, 0.4) is 0 Å². The minimum Gasteiger partial charge on any atom is -0.497 e. The van der Waals surface area contributed by atoms with Gasteiger partial charge in [-0.25, -0.2) is 0 Å². The number of hydrogen-bond donors (Lipinski definition) is 1. The molecular formula is C25H34N4O4. The first-order valence-corrected chi connectivity index (χ1v) is 11.8. The van der Waals surface area contributed by atoms with E-state index >= 15 is 0 Å². The van der Waals surface area contributed by atoms with Crippen molar-refractivity contribution >= 4 is 11.8 Å². The van der Waals surface area contributed by atoms with Gasteiger partial charge in [-0.15, -0.1) is 0 Å². The minimum atomic E-state index is -1.02. The van der Waals surface area contributed by atoms with Gasteiger partial charge < -0.3 is 19.7 Å².